The van der Waals surface area contributed by atoms with Crippen molar-refractivity contribution in [2.45, 2.75) is 6.92 Å². The molecular weight excluding hydrogens is 254 g/mol. The monoisotopic (exact) mass is 265 g/mol. The molecule has 0 bridgehead atoms. The quantitative estimate of drug-likeness (QED) is 0.798. The van der Waals surface area contributed by atoms with E-state index in [0.717, 1.165) is 11.3 Å². The van der Waals surface area contributed by atoms with Gasteiger partial charge in [-0.05, 0) is 19.1 Å². The summed E-state index contributed by atoms with van der Waals surface area (Å²) in [6.07, 6.45) is 1.60. The largest absolute Gasteiger partial charge is 0.480 e. The van der Waals surface area contributed by atoms with Crippen LogP contribution in [0.5, 0.6) is 11.9 Å². The second-order valence-corrected chi connectivity index (χ2v) is 3.93. The van der Waals surface area contributed by atoms with E-state index in [-0.39, 0.29) is 6.01 Å². The summed E-state index contributed by atoms with van der Waals surface area (Å²) in [7, 11) is 3.02. The van der Waals surface area contributed by atoms with Crippen LogP contribution in [0.15, 0.2) is 18.3 Å². The van der Waals surface area contributed by atoms with Gasteiger partial charge in [0.1, 0.15) is 5.15 Å². The molecule has 2 heterocycles. The third-order valence-electron chi connectivity index (χ3n) is 2.39. The van der Waals surface area contributed by atoms with Crippen molar-refractivity contribution >= 4 is 11.6 Å². The van der Waals surface area contributed by atoms with E-state index < -0.39 is 0 Å². The molecule has 0 radical (unpaired) electrons. The predicted octanol–water partition coefficient (Wildman–Crippen LogP) is 2.52. The molecule has 2 rings (SSSR count). The van der Waals surface area contributed by atoms with Crippen LogP contribution in [0.25, 0.3) is 11.1 Å². The van der Waals surface area contributed by atoms with Crippen LogP contribution in [0.2, 0.25) is 5.15 Å². The lowest BCUT2D eigenvalue weighted by atomic mass is 10.1. The van der Waals surface area contributed by atoms with Gasteiger partial charge in [0, 0.05) is 17.5 Å². The predicted molar refractivity (Wildman–Crippen MR) is 68.1 cm³/mol. The number of pyridine rings is 1. The fourth-order valence-corrected chi connectivity index (χ4v) is 1.81. The number of rotatable bonds is 3. The van der Waals surface area contributed by atoms with Crippen LogP contribution in [0, 0.1) is 6.92 Å². The van der Waals surface area contributed by atoms with Gasteiger partial charge in [0.2, 0.25) is 5.88 Å². The lowest BCUT2D eigenvalue weighted by Gasteiger charge is -2.09. The van der Waals surface area contributed by atoms with Crippen molar-refractivity contribution in [3.63, 3.8) is 0 Å². The molecule has 6 heteroatoms. The Morgan fingerprint density at radius 3 is 2.44 bits per heavy atom. The molecule has 2 aromatic rings. The first kappa shape index (κ1) is 12.6. The maximum absolute atomic E-state index is 6.11. The zero-order valence-electron chi connectivity index (χ0n) is 10.3. The Labute approximate surface area is 110 Å². The number of halogens is 1. The Balaban J connectivity index is 2.56. The average molecular weight is 266 g/mol. The van der Waals surface area contributed by atoms with Gasteiger partial charge in [0.05, 0.1) is 19.8 Å². The highest BCUT2D eigenvalue weighted by Gasteiger charge is 2.13. The van der Waals surface area contributed by atoms with Gasteiger partial charge in [0.25, 0.3) is 0 Å². The number of aromatic nitrogens is 3. The van der Waals surface area contributed by atoms with Crippen LogP contribution in [-0.2, 0) is 0 Å². The molecule has 18 heavy (non-hydrogen) atoms. The first-order valence-electron chi connectivity index (χ1n) is 5.24. The first-order valence-corrected chi connectivity index (χ1v) is 5.62. The summed E-state index contributed by atoms with van der Waals surface area (Å²) in [5, 5.41) is 0.391. The topological polar surface area (TPSA) is 57.1 Å². The van der Waals surface area contributed by atoms with Gasteiger partial charge in [-0.25, -0.2) is 9.97 Å². The highest BCUT2D eigenvalue weighted by Crippen LogP contribution is 2.32. The van der Waals surface area contributed by atoms with E-state index in [9.17, 15) is 0 Å². The number of ether oxygens (including phenoxy) is 2. The van der Waals surface area contributed by atoms with E-state index in [4.69, 9.17) is 21.1 Å². The minimum Gasteiger partial charge on any atom is -0.480 e. The normalized spacial score (nSPS) is 10.2. The Bertz CT molecular complexity index is 575. The number of hydrogen-bond donors (Lipinski definition) is 0. The number of methoxy groups -OCH3 is 2. The van der Waals surface area contributed by atoms with Gasteiger partial charge in [-0.1, -0.05) is 11.6 Å². The van der Waals surface area contributed by atoms with Gasteiger partial charge < -0.3 is 9.47 Å². The zero-order valence-corrected chi connectivity index (χ0v) is 11.0. The lowest BCUT2D eigenvalue weighted by Crippen LogP contribution is -1.98. The lowest BCUT2D eigenvalue weighted by molar-refractivity contribution is 0.353. The van der Waals surface area contributed by atoms with Gasteiger partial charge >= 0.3 is 6.01 Å². The molecule has 0 unspecified atom stereocenters. The maximum atomic E-state index is 6.11. The molecule has 0 saturated carbocycles. The fraction of sp³-hybridized carbons (Fsp3) is 0.250. The van der Waals surface area contributed by atoms with Crippen molar-refractivity contribution < 1.29 is 9.47 Å². The summed E-state index contributed by atoms with van der Waals surface area (Å²) in [6, 6.07) is 3.97. The SMILES string of the molecule is COc1ncc(-c2ccc(C)nc2Cl)c(OC)n1. The van der Waals surface area contributed by atoms with E-state index in [1.54, 1.807) is 6.20 Å². The summed E-state index contributed by atoms with van der Waals surface area (Å²) >= 11 is 6.11. The maximum Gasteiger partial charge on any atom is 0.319 e. The molecule has 0 atom stereocenters. The third-order valence-corrected chi connectivity index (χ3v) is 2.67. The Hall–Kier alpha value is -1.88. The summed E-state index contributed by atoms with van der Waals surface area (Å²) < 4.78 is 10.2. The molecule has 0 N–H and O–H groups in total. The van der Waals surface area contributed by atoms with E-state index in [0.29, 0.717) is 16.6 Å². The first-order chi connectivity index (χ1) is 8.65. The minimum atomic E-state index is 0.242. The Morgan fingerprint density at radius 2 is 1.83 bits per heavy atom. The molecule has 0 aliphatic heterocycles. The van der Waals surface area contributed by atoms with E-state index in [1.807, 2.05) is 19.1 Å². The molecular formula is C12H12ClN3O2. The Kier molecular flexibility index (Phi) is 3.62. The molecule has 0 aromatic carbocycles. The van der Waals surface area contributed by atoms with Gasteiger partial charge in [-0.2, -0.15) is 4.98 Å². The number of hydrogen-bond acceptors (Lipinski definition) is 5. The molecule has 0 saturated heterocycles. The van der Waals surface area contributed by atoms with Crippen molar-refractivity contribution in [3.05, 3.63) is 29.2 Å². The van der Waals surface area contributed by atoms with Crippen LogP contribution in [-0.4, -0.2) is 29.2 Å². The minimum absolute atomic E-state index is 0.242. The molecule has 5 nitrogen and oxygen atoms in total. The smallest absolute Gasteiger partial charge is 0.319 e. The van der Waals surface area contributed by atoms with Crippen molar-refractivity contribution in [2.24, 2.45) is 0 Å². The highest BCUT2D eigenvalue weighted by atomic mass is 35.5. The van der Waals surface area contributed by atoms with Gasteiger partial charge in [0.15, 0.2) is 0 Å². The Morgan fingerprint density at radius 1 is 1.06 bits per heavy atom. The third kappa shape index (κ3) is 2.36. The van der Waals surface area contributed by atoms with Crippen LogP contribution < -0.4 is 9.47 Å². The molecule has 0 aliphatic rings. The van der Waals surface area contributed by atoms with Crippen molar-refractivity contribution in [1.82, 2.24) is 15.0 Å². The molecule has 0 amide bonds. The molecule has 0 spiro atoms. The highest BCUT2D eigenvalue weighted by molar-refractivity contribution is 6.32. The number of nitrogens with zero attached hydrogens (tertiary/aromatic N) is 3. The van der Waals surface area contributed by atoms with Crippen molar-refractivity contribution in [1.29, 1.82) is 0 Å². The summed E-state index contributed by atoms with van der Waals surface area (Å²) in [5.74, 6) is 0.398. The van der Waals surface area contributed by atoms with E-state index in [1.165, 1.54) is 14.2 Å². The van der Waals surface area contributed by atoms with Crippen LogP contribution in [0.4, 0.5) is 0 Å². The summed E-state index contributed by atoms with van der Waals surface area (Å²) in [4.78, 5) is 12.3. The van der Waals surface area contributed by atoms with Crippen LogP contribution in [0.3, 0.4) is 0 Å². The molecule has 2 aromatic heterocycles. The summed E-state index contributed by atoms with van der Waals surface area (Å²) in [6.45, 7) is 1.87. The standard InChI is InChI=1S/C12H12ClN3O2/c1-7-4-5-8(10(13)15-7)9-6-14-12(18-3)16-11(9)17-2/h4-6H,1-3H3. The average Bonchev–Trinajstić information content (AvgIpc) is 2.38. The number of aryl methyl sites for hydroxylation is 1. The van der Waals surface area contributed by atoms with E-state index in [2.05, 4.69) is 15.0 Å². The molecule has 94 valence electrons. The van der Waals surface area contributed by atoms with Gasteiger partial charge in [-0.3, -0.25) is 0 Å². The van der Waals surface area contributed by atoms with Gasteiger partial charge in [-0.15, -0.1) is 0 Å². The fourth-order valence-electron chi connectivity index (χ4n) is 1.52. The van der Waals surface area contributed by atoms with E-state index >= 15 is 0 Å². The van der Waals surface area contributed by atoms with Crippen molar-refractivity contribution in [2.75, 3.05) is 14.2 Å². The molecule has 0 aliphatic carbocycles. The molecule has 0 fully saturated rings. The summed E-state index contributed by atoms with van der Waals surface area (Å²) in [5.41, 5.74) is 2.25. The van der Waals surface area contributed by atoms with Crippen LogP contribution in [0.1, 0.15) is 5.69 Å². The van der Waals surface area contributed by atoms with Crippen LogP contribution >= 0.6 is 11.6 Å². The second kappa shape index (κ2) is 5.18. The van der Waals surface area contributed by atoms with Crippen molar-refractivity contribution in [3.8, 4) is 23.0 Å². The second-order valence-electron chi connectivity index (χ2n) is 3.57. The zero-order chi connectivity index (χ0) is 13.1.